The lowest BCUT2D eigenvalue weighted by molar-refractivity contribution is -0.133. The monoisotopic (exact) mass is 211 g/mol. The van der Waals surface area contributed by atoms with Gasteiger partial charge in [0.25, 0.3) is 0 Å². The van der Waals surface area contributed by atoms with E-state index in [1.54, 1.807) is 0 Å². The number of amides is 1. The molecule has 0 saturated heterocycles. The van der Waals surface area contributed by atoms with E-state index in [1.165, 1.54) is 6.42 Å². The zero-order chi connectivity index (χ0) is 11.6. The van der Waals surface area contributed by atoms with Crippen LogP contribution >= 0.6 is 0 Å². The van der Waals surface area contributed by atoms with Crippen LogP contribution in [0.3, 0.4) is 0 Å². The van der Waals surface area contributed by atoms with Gasteiger partial charge < -0.3 is 5.73 Å². The van der Waals surface area contributed by atoms with Gasteiger partial charge in [-0.3, -0.25) is 4.79 Å². The topological polar surface area (TPSA) is 43.1 Å². The van der Waals surface area contributed by atoms with Crippen LogP contribution in [0, 0.1) is 23.2 Å². The third kappa shape index (κ3) is 2.35. The van der Waals surface area contributed by atoms with E-state index < -0.39 is 0 Å². The van der Waals surface area contributed by atoms with E-state index in [4.69, 9.17) is 5.73 Å². The van der Waals surface area contributed by atoms with E-state index in [2.05, 4.69) is 27.7 Å². The van der Waals surface area contributed by atoms with E-state index >= 15 is 0 Å². The van der Waals surface area contributed by atoms with Crippen LogP contribution in [0.4, 0.5) is 0 Å². The Hall–Kier alpha value is -0.530. The van der Waals surface area contributed by atoms with Crippen molar-refractivity contribution >= 4 is 5.91 Å². The number of nitrogens with two attached hydrogens (primary N) is 1. The predicted molar refractivity (Wildman–Crippen MR) is 63.3 cm³/mol. The Balaban J connectivity index is 2.77. The fraction of sp³-hybridized carbons (Fsp3) is 0.923. The lowest BCUT2D eigenvalue weighted by Crippen LogP contribution is -2.45. The molecule has 1 rings (SSSR count). The van der Waals surface area contributed by atoms with Crippen LogP contribution < -0.4 is 5.73 Å². The first-order chi connectivity index (χ1) is 6.91. The Morgan fingerprint density at radius 1 is 1.53 bits per heavy atom. The summed E-state index contributed by atoms with van der Waals surface area (Å²) in [7, 11) is 0. The van der Waals surface area contributed by atoms with Crippen LogP contribution in [-0.4, -0.2) is 5.91 Å². The SMILES string of the molecule is CCC1CC(C(C)C)CCC1(C)C(N)=O. The molecular formula is C13H25NO. The first-order valence-electron chi connectivity index (χ1n) is 6.21. The summed E-state index contributed by atoms with van der Waals surface area (Å²) in [5.74, 6) is 1.89. The van der Waals surface area contributed by atoms with Gasteiger partial charge >= 0.3 is 0 Å². The van der Waals surface area contributed by atoms with Gasteiger partial charge in [0.15, 0.2) is 0 Å². The zero-order valence-electron chi connectivity index (χ0n) is 10.5. The van der Waals surface area contributed by atoms with Crippen LogP contribution in [0.1, 0.15) is 53.4 Å². The van der Waals surface area contributed by atoms with Crippen molar-refractivity contribution in [2.75, 3.05) is 0 Å². The summed E-state index contributed by atoms with van der Waals surface area (Å²) in [6, 6.07) is 0. The van der Waals surface area contributed by atoms with Crippen LogP contribution in [0.2, 0.25) is 0 Å². The lowest BCUT2D eigenvalue weighted by atomic mass is 9.61. The molecule has 0 aliphatic heterocycles. The molecule has 0 aromatic carbocycles. The average Bonchev–Trinajstić information content (AvgIpc) is 2.17. The molecule has 2 heteroatoms. The molecule has 3 unspecified atom stereocenters. The van der Waals surface area contributed by atoms with Crippen LogP contribution in [-0.2, 0) is 4.79 Å². The van der Waals surface area contributed by atoms with Crippen molar-refractivity contribution in [2.45, 2.75) is 53.4 Å². The Bertz CT molecular complexity index is 237. The van der Waals surface area contributed by atoms with Gasteiger partial charge in [0.05, 0.1) is 0 Å². The van der Waals surface area contributed by atoms with Crippen molar-refractivity contribution in [1.29, 1.82) is 0 Å². The Labute approximate surface area is 93.6 Å². The Morgan fingerprint density at radius 3 is 2.53 bits per heavy atom. The minimum Gasteiger partial charge on any atom is -0.369 e. The number of rotatable bonds is 3. The summed E-state index contributed by atoms with van der Waals surface area (Å²) in [6.45, 7) is 8.79. The molecule has 0 aromatic heterocycles. The summed E-state index contributed by atoms with van der Waals surface area (Å²) in [4.78, 5) is 11.5. The molecule has 1 amide bonds. The van der Waals surface area contributed by atoms with Gasteiger partial charge in [0.1, 0.15) is 0 Å². The maximum Gasteiger partial charge on any atom is 0.223 e. The van der Waals surface area contributed by atoms with E-state index in [1.807, 2.05) is 0 Å². The van der Waals surface area contributed by atoms with Crippen molar-refractivity contribution in [2.24, 2.45) is 28.9 Å². The van der Waals surface area contributed by atoms with Gasteiger partial charge in [0, 0.05) is 5.41 Å². The third-order valence-electron chi connectivity index (χ3n) is 4.52. The smallest absolute Gasteiger partial charge is 0.223 e. The standard InChI is InChI=1S/C13H25NO/c1-5-11-8-10(9(2)3)6-7-13(11,4)12(14)15/h9-11H,5-8H2,1-4H3,(H2,14,15). The fourth-order valence-corrected chi connectivity index (χ4v) is 2.98. The molecule has 3 atom stereocenters. The molecule has 0 aromatic rings. The molecule has 88 valence electrons. The molecular weight excluding hydrogens is 186 g/mol. The van der Waals surface area contributed by atoms with Gasteiger partial charge in [-0.05, 0) is 37.0 Å². The van der Waals surface area contributed by atoms with Crippen LogP contribution in [0.25, 0.3) is 0 Å². The molecule has 2 N–H and O–H groups in total. The normalized spacial score (nSPS) is 36.9. The van der Waals surface area contributed by atoms with Crippen molar-refractivity contribution in [3.8, 4) is 0 Å². The molecule has 1 fully saturated rings. The molecule has 2 nitrogen and oxygen atoms in total. The van der Waals surface area contributed by atoms with Gasteiger partial charge in [-0.15, -0.1) is 0 Å². The lowest BCUT2D eigenvalue weighted by Gasteiger charge is -2.43. The van der Waals surface area contributed by atoms with E-state index in [0.717, 1.165) is 31.1 Å². The van der Waals surface area contributed by atoms with Crippen molar-refractivity contribution in [1.82, 2.24) is 0 Å². The minimum absolute atomic E-state index is 0.100. The highest BCUT2D eigenvalue weighted by Crippen LogP contribution is 2.46. The average molecular weight is 211 g/mol. The largest absolute Gasteiger partial charge is 0.369 e. The second-order valence-corrected chi connectivity index (χ2v) is 5.67. The first-order valence-corrected chi connectivity index (χ1v) is 6.21. The minimum atomic E-state index is -0.250. The predicted octanol–water partition coefficient (Wildman–Crippen LogP) is 2.96. The highest BCUT2D eigenvalue weighted by atomic mass is 16.1. The first kappa shape index (κ1) is 12.5. The zero-order valence-corrected chi connectivity index (χ0v) is 10.5. The molecule has 0 heterocycles. The van der Waals surface area contributed by atoms with Crippen LogP contribution in [0.15, 0.2) is 0 Å². The van der Waals surface area contributed by atoms with Crippen molar-refractivity contribution in [3.63, 3.8) is 0 Å². The molecule has 1 aliphatic rings. The maximum absolute atomic E-state index is 11.5. The highest BCUT2D eigenvalue weighted by Gasteiger charge is 2.43. The van der Waals surface area contributed by atoms with Gasteiger partial charge in [-0.2, -0.15) is 0 Å². The van der Waals surface area contributed by atoms with Gasteiger partial charge in [-0.1, -0.05) is 34.1 Å². The number of carbonyl (C=O) groups is 1. The van der Waals surface area contributed by atoms with Crippen LogP contribution in [0.5, 0.6) is 0 Å². The highest BCUT2D eigenvalue weighted by molar-refractivity contribution is 5.80. The molecule has 15 heavy (non-hydrogen) atoms. The summed E-state index contributed by atoms with van der Waals surface area (Å²) in [6.07, 6.45) is 4.38. The van der Waals surface area contributed by atoms with E-state index in [-0.39, 0.29) is 11.3 Å². The summed E-state index contributed by atoms with van der Waals surface area (Å²) in [5.41, 5.74) is 5.30. The van der Waals surface area contributed by atoms with E-state index in [0.29, 0.717) is 5.92 Å². The third-order valence-corrected chi connectivity index (χ3v) is 4.52. The molecule has 1 aliphatic carbocycles. The summed E-state index contributed by atoms with van der Waals surface area (Å²) >= 11 is 0. The van der Waals surface area contributed by atoms with Gasteiger partial charge in [-0.25, -0.2) is 0 Å². The summed E-state index contributed by atoms with van der Waals surface area (Å²) in [5, 5.41) is 0. The molecule has 0 radical (unpaired) electrons. The van der Waals surface area contributed by atoms with Crippen molar-refractivity contribution < 1.29 is 4.79 Å². The molecule has 0 bridgehead atoms. The van der Waals surface area contributed by atoms with Crippen molar-refractivity contribution in [3.05, 3.63) is 0 Å². The fourth-order valence-electron chi connectivity index (χ4n) is 2.98. The number of hydrogen-bond donors (Lipinski definition) is 1. The molecule has 0 spiro atoms. The van der Waals surface area contributed by atoms with Gasteiger partial charge in [0.2, 0.25) is 5.91 Å². The Morgan fingerprint density at radius 2 is 2.13 bits per heavy atom. The second-order valence-electron chi connectivity index (χ2n) is 5.67. The number of hydrogen-bond acceptors (Lipinski definition) is 1. The quantitative estimate of drug-likeness (QED) is 0.766. The second kappa shape index (κ2) is 4.54. The molecule has 1 saturated carbocycles. The number of carbonyl (C=O) groups excluding carboxylic acids is 1. The maximum atomic E-state index is 11.5. The summed E-state index contributed by atoms with van der Waals surface area (Å²) < 4.78 is 0. The number of primary amides is 1. The van der Waals surface area contributed by atoms with E-state index in [9.17, 15) is 4.79 Å². The Kier molecular flexibility index (Phi) is 3.80.